The molecule has 0 aliphatic heterocycles. The Morgan fingerprint density at radius 1 is 1.33 bits per heavy atom. The average Bonchev–Trinajstić information content (AvgIpc) is 2.49. The number of aromatic nitrogens is 1. The monoisotopic (exact) mass is 291 g/mol. The van der Waals surface area contributed by atoms with Gasteiger partial charge in [0.2, 0.25) is 0 Å². The van der Waals surface area contributed by atoms with Crippen LogP contribution in [0.2, 0.25) is 0 Å². The Hall–Kier alpha value is -1.98. The Labute approximate surface area is 125 Å². The fourth-order valence-electron chi connectivity index (χ4n) is 2.55. The molecule has 6 nitrogen and oxygen atoms in total. The van der Waals surface area contributed by atoms with E-state index in [1.54, 1.807) is 6.20 Å². The van der Waals surface area contributed by atoms with Crippen LogP contribution >= 0.6 is 0 Å². The molecule has 1 aliphatic carbocycles. The normalized spacial score (nSPS) is 15.5. The van der Waals surface area contributed by atoms with Gasteiger partial charge >= 0.3 is 6.03 Å². The number of aryl methyl sites for hydroxylation is 1. The van der Waals surface area contributed by atoms with Gasteiger partial charge in [-0.2, -0.15) is 0 Å². The number of amides is 2. The maximum Gasteiger partial charge on any atom is 0.315 e. The Morgan fingerprint density at radius 2 is 2.10 bits per heavy atom. The summed E-state index contributed by atoms with van der Waals surface area (Å²) >= 11 is 0. The number of anilines is 2. The highest BCUT2D eigenvalue weighted by molar-refractivity contribution is 5.74. The predicted octanol–water partition coefficient (Wildman–Crippen LogP) is 2.02. The lowest BCUT2D eigenvalue weighted by Crippen LogP contribution is -2.44. The molecule has 0 unspecified atom stereocenters. The number of pyridine rings is 1. The summed E-state index contributed by atoms with van der Waals surface area (Å²) in [6.07, 6.45) is 7.62. The molecule has 116 valence electrons. The van der Waals surface area contributed by atoms with Crippen molar-refractivity contribution in [3.8, 4) is 0 Å². The van der Waals surface area contributed by atoms with Gasteiger partial charge < -0.3 is 21.7 Å². The van der Waals surface area contributed by atoms with E-state index >= 15 is 0 Å². The van der Waals surface area contributed by atoms with E-state index in [1.165, 1.54) is 19.3 Å². The van der Waals surface area contributed by atoms with E-state index in [0.717, 1.165) is 18.4 Å². The van der Waals surface area contributed by atoms with Crippen molar-refractivity contribution in [3.63, 3.8) is 0 Å². The summed E-state index contributed by atoms with van der Waals surface area (Å²) in [5.41, 5.74) is 7.58. The fraction of sp³-hybridized carbons (Fsp3) is 0.600. The van der Waals surface area contributed by atoms with Crippen molar-refractivity contribution in [3.05, 3.63) is 17.8 Å². The van der Waals surface area contributed by atoms with Crippen LogP contribution in [-0.2, 0) is 0 Å². The zero-order chi connectivity index (χ0) is 15.1. The lowest BCUT2D eigenvalue weighted by Gasteiger charge is -2.22. The van der Waals surface area contributed by atoms with Crippen LogP contribution in [0.25, 0.3) is 0 Å². The number of hydrogen-bond acceptors (Lipinski definition) is 4. The number of carbonyl (C=O) groups excluding carboxylic acids is 1. The number of rotatable bonds is 5. The Kier molecular flexibility index (Phi) is 5.66. The Balaban J connectivity index is 1.65. The van der Waals surface area contributed by atoms with E-state index in [9.17, 15) is 4.79 Å². The van der Waals surface area contributed by atoms with Gasteiger partial charge in [0.05, 0.1) is 5.69 Å². The molecule has 0 spiro atoms. The van der Waals surface area contributed by atoms with Crippen molar-refractivity contribution in [2.24, 2.45) is 0 Å². The van der Waals surface area contributed by atoms with Crippen LogP contribution in [-0.4, -0.2) is 30.1 Å². The van der Waals surface area contributed by atoms with Gasteiger partial charge in [0, 0.05) is 25.3 Å². The van der Waals surface area contributed by atoms with Crippen molar-refractivity contribution >= 4 is 17.5 Å². The number of urea groups is 1. The topological polar surface area (TPSA) is 92.1 Å². The lowest BCUT2D eigenvalue weighted by atomic mass is 9.96. The summed E-state index contributed by atoms with van der Waals surface area (Å²) in [4.78, 5) is 15.9. The highest BCUT2D eigenvalue weighted by Gasteiger charge is 2.15. The zero-order valence-electron chi connectivity index (χ0n) is 12.6. The third kappa shape index (κ3) is 4.81. The molecule has 1 saturated carbocycles. The van der Waals surface area contributed by atoms with Gasteiger partial charge in [-0.3, -0.25) is 0 Å². The molecule has 1 fully saturated rings. The SMILES string of the molecule is Cc1ccnc(NCCNC(=O)NC2CCCCC2)c1N. The average molecular weight is 291 g/mol. The van der Waals surface area contributed by atoms with Gasteiger partial charge in [-0.05, 0) is 31.4 Å². The number of nitrogen functional groups attached to an aromatic ring is 1. The van der Waals surface area contributed by atoms with E-state index in [2.05, 4.69) is 20.9 Å². The second-order valence-corrected chi connectivity index (χ2v) is 5.55. The van der Waals surface area contributed by atoms with Crippen molar-refractivity contribution in [1.29, 1.82) is 0 Å². The Bertz CT molecular complexity index is 471. The molecule has 1 aromatic heterocycles. The molecular weight excluding hydrogens is 266 g/mol. The predicted molar refractivity (Wildman–Crippen MR) is 85.3 cm³/mol. The van der Waals surface area contributed by atoms with E-state index in [0.29, 0.717) is 30.6 Å². The molecule has 21 heavy (non-hydrogen) atoms. The molecule has 6 heteroatoms. The van der Waals surface area contributed by atoms with E-state index in [-0.39, 0.29) is 6.03 Å². The number of nitrogens with zero attached hydrogens (tertiary/aromatic N) is 1. The van der Waals surface area contributed by atoms with Gasteiger partial charge in [0.15, 0.2) is 0 Å². The largest absolute Gasteiger partial charge is 0.396 e. The van der Waals surface area contributed by atoms with Gasteiger partial charge in [-0.25, -0.2) is 9.78 Å². The number of hydrogen-bond donors (Lipinski definition) is 4. The first-order valence-electron chi connectivity index (χ1n) is 7.66. The summed E-state index contributed by atoms with van der Waals surface area (Å²) < 4.78 is 0. The molecule has 0 saturated heterocycles. The molecule has 0 radical (unpaired) electrons. The number of carbonyl (C=O) groups is 1. The third-order valence-electron chi connectivity index (χ3n) is 3.85. The summed E-state index contributed by atoms with van der Waals surface area (Å²) in [6, 6.07) is 2.12. The number of nitrogens with two attached hydrogens (primary N) is 1. The highest BCUT2D eigenvalue weighted by atomic mass is 16.2. The lowest BCUT2D eigenvalue weighted by molar-refractivity contribution is 0.233. The molecule has 0 aromatic carbocycles. The minimum Gasteiger partial charge on any atom is -0.396 e. The van der Waals surface area contributed by atoms with Crippen molar-refractivity contribution < 1.29 is 4.79 Å². The highest BCUT2D eigenvalue weighted by Crippen LogP contribution is 2.18. The van der Waals surface area contributed by atoms with Crippen LogP contribution in [0.15, 0.2) is 12.3 Å². The molecular formula is C15H25N5O. The van der Waals surface area contributed by atoms with E-state index in [4.69, 9.17) is 5.73 Å². The quantitative estimate of drug-likeness (QED) is 0.625. The van der Waals surface area contributed by atoms with Crippen LogP contribution in [0.3, 0.4) is 0 Å². The van der Waals surface area contributed by atoms with Crippen LogP contribution in [0.4, 0.5) is 16.3 Å². The molecule has 0 bridgehead atoms. The van der Waals surface area contributed by atoms with E-state index in [1.807, 2.05) is 13.0 Å². The smallest absolute Gasteiger partial charge is 0.315 e. The molecule has 2 amide bonds. The first-order chi connectivity index (χ1) is 10.2. The molecule has 5 N–H and O–H groups in total. The first-order valence-corrected chi connectivity index (χ1v) is 7.66. The third-order valence-corrected chi connectivity index (χ3v) is 3.85. The summed E-state index contributed by atoms with van der Waals surface area (Å²) in [7, 11) is 0. The van der Waals surface area contributed by atoms with Crippen LogP contribution in [0.5, 0.6) is 0 Å². The zero-order valence-corrected chi connectivity index (χ0v) is 12.6. The second kappa shape index (κ2) is 7.71. The maximum atomic E-state index is 11.8. The standard InChI is InChI=1S/C15H25N5O/c1-11-7-8-17-14(13(11)16)18-9-10-19-15(21)20-12-5-3-2-4-6-12/h7-8,12H,2-6,9-10,16H2,1H3,(H,17,18)(H2,19,20,21). The first kappa shape index (κ1) is 15.4. The minimum atomic E-state index is -0.0890. The van der Waals surface area contributed by atoms with Gasteiger partial charge in [-0.15, -0.1) is 0 Å². The summed E-state index contributed by atoms with van der Waals surface area (Å²) in [5, 5.41) is 9.01. The van der Waals surface area contributed by atoms with Crippen LogP contribution < -0.4 is 21.7 Å². The fourth-order valence-corrected chi connectivity index (χ4v) is 2.55. The second-order valence-electron chi connectivity index (χ2n) is 5.55. The van der Waals surface area contributed by atoms with Crippen LogP contribution in [0.1, 0.15) is 37.7 Å². The minimum absolute atomic E-state index is 0.0890. The maximum absolute atomic E-state index is 11.8. The van der Waals surface area contributed by atoms with Crippen LogP contribution in [0, 0.1) is 6.92 Å². The number of nitrogens with one attached hydrogen (secondary N) is 3. The van der Waals surface area contributed by atoms with Gasteiger partial charge in [0.25, 0.3) is 0 Å². The van der Waals surface area contributed by atoms with Gasteiger partial charge in [0.1, 0.15) is 5.82 Å². The molecule has 2 rings (SSSR count). The Morgan fingerprint density at radius 3 is 2.86 bits per heavy atom. The summed E-state index contributed by atoms with van der Waals surface area (Å²) in [5.74, 6) is 0.671. The van der Waals surface area contributed by atoms with Crippen molar-refractivity contribution in [2.45, 2.75) is 45.1 Å². The van der Waals surface area contributed by atoms with Gasteiger partial charge in [-0.1, -0.05) is 19.3 Å². The molecule has 1 aliphatic rings. The van der Waals surface area contributed by atoms with E-state index < -0.39 is 0 Å². The van der Waals surface area contributed by atoms with Crippen molar-refractivity contribution in [1.82, 2.24) is 15.6 Å². The summed E-state index contributed by atoms with van der Waals surface area (Å²) in [6.45, 7) is 3.07. The molecule has 0 atom stereocenters. The molecule has 1 heterocycles. The van der Waals surface area contributed by atoms with Crippen molar-refractivity contribution in [2.75, 3.05) is 24.1 Å². The molecule has 1 aromatic rings.